The highest BCUT2D eigenvalue weighted by atomic mass is 31.2. The molecular formula is C23H25O3P. The molecule has 0 aliphatic rings. The zero-order valence-electron chi connectivity index (χ0n) is 16.2. The van der Waals surface area contributed by atoms with Gasteiger partial charge in [-0.2, -0.15) is 0 Å². The normalized spacial score (nSPS) is 11.7. The molecule has 0 heterocycles. The molecule has 4 heteroatoms. The van der Waals surface area contributed by atoms with E-state index in [0.717, 1.165) is 40.4 Å². The van der Waals surface area contributed by atoms with Crippen LogP contribution in [-0.4, -0.2) is 0 Å². The lowest BCUT2D eigenvalue weighted by Gasteiger charge is -2.20. The van der Waals surface area contributed by atoms with Crippen LogP contribution in [0.5, 0.6) is 17.2 Å². The fourth-order valence-electron chi connectivity index (χ4n) is 2.76. The van der Waals surface area contributed by atoms with Gasteiger partial charge in [-0.05, 0) is 68.1 Å². The van der Waals surface area contributed by atoms with Crippen molar-refractivity contribution in [1.82, 2.24) is 0 Å². The highest BCUT2D eigenvalue weighted by molar-refractivity contribution is 7.43. The van der Waals surface area contributed by atoms with Crippen molar-refractivity contribution < 1.29 is 13.6 Å². The Labute approximate surface area is 162 Å². The summed E-state index contributed by atoms with van der Waals surface area (Å²) in [6.45, 7) is 8.24. The number of para-hydroxylation sites is 1. The monoisotopic (exact) mass is 380 g/mol. The Bertz CT molecular complexity index is 908. The van der Waals surface area contributed by atoms with Gasteiger partial charge in [-0.15, -0.1) is 0 Å². The molecule has 0 aromatic heterocycles. The molecule has 3 aromatic rings. The molecule has 0 fully saturated rings. The molecule has 0 amide bonds. The van der Waals surface area contributed by atoms with Gasteiger partial charge in [0, 0.05) is 0 Å². The van der Waals surface area contributed by atoms with E-state index in [-0.39, 0.29) is 0 Å². The fraction of sp³-hybridized carbons (Fsp3) is 0.217. The zero-order valence-corrected chi connectivity index (χ0v) is 17.1. The van der Waals surface area contributed by atoms with E-state index in [2.05, 4.69) is 26.0 Å². The molecule has 3 nitrogen and oxygen atoms in total. The Morgan fingerprint density at radius 2 is 1.44 bits per heavy atom. The average Bonchev–Trinajstić information content (AvgIpc) is 2.64. The first-order chi connectivity index (χ1) is 13.0. The predicted octanol–water partition coefficient (Wildman–Crippen LogP) is 6.94. The van der Waals surface area contributed by atoms with E-state index in [1.807, 2.05) is 68.4 Å². The van der Waals surface area contributed by atoms with Gasteiger partial charge in [0.2, 0.25) is 0 Å². The second-order valence-corrected chi connectivity index (χ2v) is 7.54. The van der Waals surface area contributed by atoms with Crippen molar-refractivity contribution >= 4 is 8.60 Å². The Balaban J connectivity index is 1.87. The van der Waals surface area contributed by atoms with E-state index in [9.17, 15) is 0 Å². The number of aryl methyl sites for hydroxylation is 4. The second kappa shape index (κ2) is 8.92. The maximum atomic E-state index is 6.19. The molecule has 0 saturated carbocycles. The molecule has 0 aliphatic carbocycles. The Morgan fingerprint density at radius 1 is 0.704 bits per heavy atom. The zero-order chi connectivity index (χ0) is 19.2. The summed E-state index contributed by atoms with van der Waals surface area (Å²) in [7, 11) is -1.65. The van der Waals surface area contributed by atoms with E-state index < -0.39 is 8.60 Å². The Morgan fingerprint density at radius 3 is 2.19 bits per heavy atom. The van der Waals surface area contributed by atoms with Crippen molar-refractivity contribution in [2.24, 2.45) is 0 Å². The fourth-order valence-corrected chi connectivity index (χ4v) is 3.86. The van der Waals surface area contributed by atoms with Gasteiger partial charge in [-0.1, -0.05) is 55.0 Å². The SMILES string of the molecule is CCc1ccccc1OP(Oc1cccc(C)c1)Oc1ccc(C)cc1C. The van der Waals surface area contributed by atoms with Crippen molar-refractivity contribution in [3.8, 4) is 17.2 Å². The lowest BCUT2D eigenvalue weighted by molar-refractivity contribution is 0.385. The first kappa shape index (κ1) is 19.3. The summed E-state index contributed by atoms with van der Waals surface area (Å²) in [5, 5.41) is 0. The van der Waals surface area contributed by atoms with Crippen molar-refractivity contribution in [1.29, 1.82) is 0 Å². The van der Waals surface area contributed by atoms with E-state index in [4.69, 9.17) is 13.6 Å². The molecule has 0 spiro atoms. The van der Waals surface area contributed by atoms with Gasteiger partial charge in [0.1, 0.15) is 17.2 Å². The predicted molar refractivity (Wildman–Crippen MR) is 112 cm³/mol. The highest BCUT2D eigenvalue weighted by Gasteiger charge is 2.22. The third-order valence-electron chi connectivity index (χ3n) is 4.20. The van der Waals surface area contributed by atoms with E-state index in [1.165, 1.54) is 5.56 Å². The van der Waals surface area contributed by atoms with Crippen LogP contribution in [-0.2, 0) is 6.42 Å². The lowest BCUT2D eigenvalue weighted by atomic mass is 10.1. The maximum absolute atomic E-state index is 6.19. The summed E-state index contributed by atoms with van der Waals surface area (Å²) in [6.07, 6.45) is 0.882. The first-order valence-corrected chi connectivity index (χ1v) is 10.2. The van der Waals surface area contributed by atoms with Gasteiger partial charge in [-0.25, -0.2) is 0 Å². The number of hydrogen-bond acceptors (Lipinski definition) is 3. The molecule has 0 bridgehead atoms. The summed E-state index contributed by atoms with van der Waals surface area (Å²) in [5.74, 6) is 2.30. The van der Waals surface area contributed by atoms with Crippen LogP contribution in [0.15, 0.2) is 66.7 Å². The van der Waals surface area contributed by atoms with Crippen LogP contribution >= 0.6 is 8.60 Å². The molecule has 3 rings (SSSR count). The Kier molecular flexibility index (Phi) is 6.36. The van der Waals surface area contributed by atoms with Gasteiger partial charge in [-0.3, -0.25) is 0 Å². The lowest BCUT2D eigenvalue weighted by Crippen LogP contribution is -2.04. The highest BCUT2D eigenvalue weighted by Crippen LogP contribution is 2.44. The van der Waals surface area contributed by atoms with E-state index in [1.54, 1.807) is 0 Å². The Hall–Kier alpha value is -2.51. The molecule has 0 radical (unpaired) electrons. The molecule has 1 atom stereocenters. The molecule has 0 saturated heterocycles. The third kappa shape index (κ3) is 5.24. The summed E-state index contributed by atoms with van der Waals surface area (Å²) in [4.78, 5) is 0. The third-order valence-corrected chi connectivity index (χ3v) is 5.25. The summed E-state index contributed by atoms with van der Waals surface area (Å²) in [5.41, 5.74) is 4.51. The second-order valence-electron chi connectivity index (χ2n) is 6.54. The minimum Gasteiger partial charge on any atom is -0.408 e. The van der Waals surface area contributed by atoms with Crippen molar-refractivity contribution in [3.63, 3.8) is 0 Å². The van der Waals surface area contributed by atoms with Gasteiger partial charge >= 0.3 is 8.60 Å². The summed E-state index contributed by atoms with van der Waals surface area (Å²) in [6, 6.07) is 22.0. The smallest absolute Gasteiger partial charge is 0.408 e. The molecule has 0 N–H and O–H groups in total. The van der Waals surface area contributed by atoms with Crippen LogP contribution < -0.4 is 13.6 Å². The van der Waals surface area contributed by atoms with Crippen LogP contribution in [0, 0.1) is 20.8 Å². The van der Waals surface area contributed by atoms with Crippen LogP contribution in [0.3, 0.4) is 0 Å². The van der Waals surface area contributed by atoms with E-state index >= 15 is 0 Å². The molecule has 1 unspecified atom stereocenters. The van der Waals surface area contributed by atoms with Crippen LogP contribution in [0.1, 0.15) is 29.2 Å². The van der Waals surface area contributed by atoms with Gasteiger partial charge in [0.15, 0.2) is 0 Å². The topological polar surface area (TPSA) is 27.7 Å². The van der Waals surface area contributed by atoms with E-state index in [0.29, 0.717) is 0 Å². The standard InChI is InChI=1S/C23H25O3P/c1-5-20-10-6-7-12-23(20)26-27(24-21-11-8-9-17(2)16-21)25-22-14-13-18(3)15-19(22)4/h6-16H,5H2,1-4H3. The van der Waals surface area contributed by atoms with Crippen LogP contribution in [0.25, 0.3) is 0 Å². The van der Waals surface area contributed by atoms with Crippen molar-refractivity contribution in [2.75, 3.05) is 0 Å². The minimum atomic E-state index is -1.65. The number of hydrogen-bond donors (Lipinski definition) is 0. The van der Waals surface area contributed by atoms with Gasteiger partial charge in [0.25, 0.3) is 0 Å². The largest absolute Gasteiger partial charge is 0.530 e. The summed E-state index contributed by atoms with van der Waals surface area (Å²) < 4.78 is 18.5. The molecule has 0 aliphatic heterocycles. The van der Waals surface area contributed by atoms with Gasteiger partial charge < -0.3 is 13.6 Å². The number of rotatable bonds is 7. The summed E-state index contributed by atoms with van der Waals surface area (Å²) >= 11 is 0. The quantitative estimate of drug-likeness (QED) is 0.416. The van der Waals surface area contributed by atoms with Crippen molar-refractivity contribution in [2.45, 2.75) is 34.1 Å². The maximum Gasteiger partial charge on any atom is 0.530 e. The average molecular weight is 380 g/mol. The minimum absolute atomic E-state index is 0.736. The molecular weight excluding hydrogens is 355 g/mol. The van der Waals surface area contributed by atoms with Crippen LogP contribution in [0.2, 0.25) is 0 Å². The van der Waals surface area contributed by atoms with Gasteiger partial charge in [0.05, 0.1) is 0 Å². The molecule has 140 valence electrons. The van der Waals surface area contributed by atoms with Crippen LogP contribution in [0.4, 0.5) is 0 Å². The first-order valence-electron chi connectivity index (χ1n) is 9.11. The van der Waals surface area contributed by atoms with Crippen molar-refractivity contribution in [3.05, 3.63) is 89.0 Å². The molecule has 3 aromatic carbocycles. The molecule has 27 heavy (non-hydrogen) atoms. The number of benzene rings is 3.